The highest BCUT2D eigenvalue weighted by atomic mass is 31.2. The molecule has 0 aromatic rings. The van der Waals surface area contributed by atoms with Crippen LogP contribution in [0.1, 0.15) is 409 Å². The molecule has 0 rings (SSSR count). The second kappa shape index (κ2) is 69.1. The summed E-state index contributed by atoms with van der Waals surface area (Å²) >= 11 is 0. The molecule has 19 heteroatoms. The van der Waals surface area contributed by atoms with Gasteiger partial charge in [-0.25, -0.2) is 9.13 Å². The molecular weight excluding hydrogens is 1290 g/mol. The fourth-order valence-electron chi connectivity index (χ4n) is 12.2. The molecule has 0 aromatic carbocycles. The molecule has 0 saturated heterocycles. The molecule has 0 aliphatic heterocycles. The van der Waals surface area contributed by atoms with Crippen molar-refractivity contribution in [2.45, 2.75) is 427 Å². The molecule has 0 aromatic heterocycles. The summed E-state index contributed by atoms with van der Waals surface area (Å²) in [6.07, 6.45) is 55.5. The van der Waals surface area contributed by atoms with Crippen LogP contribution in [0.2, 0.25) is 0 Å². The van der Waals surface area contributed by atoms with E-state index in [2.05, 4.69) is 55.4 Å². The number of unbranched alkanes of at least 4 members (excludes halogenated alkanes) is 42. The Morgan fingerprint density at radius 1 is 0.283 bits per heavy atom. The Kier molecular flexibility index (Phi) is 67.8. The van der Waals surface area contributed by atoms with Gasteiger partial charge in [0.1, 0.15) is 19.3 Å². The number of phosphoric acid groups is 2. The molecule has 0 spiro atoms. The van der Waals surface area contributed by atoms with E-state index in [0.29, 0.717) is 31.6 Å². The van der Waals surface area contributed by atoms with Gasteiger partial charge in [0.05, 0.1) is 26.4 Å². The van der Waals surface area contributed by atoms with E-state index in [9.17, 15) is 43.2 Å². The number of phosphoric ester groups is 2. The number of hydrogen-bond acceptors (Lipinski definition) is 15. The van der Waals surface area contributed by atoms with Crippen LogP contribution in [0.4, 0.5) is 0 Å². The second-order valence-electron chi connectivity index (χ2n) is 30.5. The van der Waals surface area contributed by atoms with Crippen molar-refractivity contribution in [2.24, 2.45) is 23.7 Å². The van der Waals surface area contributed by atoms with Gasteiger partial charge in [-0.1, -0.05) is 357 Å². The number of aliphatic hydroxyl groups excluding tert-OH is 1. The number of esters is 4. The average molecular weight is 1450 g/mol. The molecule has 0 bridgehead atoms. The molecule has 588 valence electrons. The number of hydrogen-bond donors (Lipinski definition) is 3. The van der Waals surface area contributed by atoms with Crippen LogP contribution in [-0.2, 0) is 65.4 Å². The van der Waals surface area contributed by atoms with Gasteiger partial charge in [-0.15, -0.1) is 0 Å². The fourth-order valence-corrected chi connectivity index (χ4v) is 13.8. The van der Waals surface area contributed by atoms with E-state index < -0.39 is 97.5 Å². The van der Waals surface area contributed by atoms with Crippen molar-refractivity contribution in [1.29, 1.82) is 0 Å². The molecular formula is C80H156O17P2. The van der Waals surface area contributed by atoms with Crippen LogP contribution in [-0.4, -0.2) is 96.7 Å². The smallest absolute Gasteiger partial charge is 0.462 e. The summed E-state index contributed by atoms with van der Waals surface area (Å²) in [5.74, 6) is 0.993. The van der Waals surface area contributed by atoms with Crippen LogP contribution < -0.4 is 0 Å². The largest absolute Gasteiger partial charge is 0.472 e. The van der Waals surface area contributed by atoms with Gasteiger partial charge in [0.15, 0.2) is 12.2 Å². The summed E-state index contributed by atoms with van der Waals surface area (Å²) in [6.45, 7) is 14.3. The van der Waals surface area contributed by atoms with Gasteiger partial charge in [0, 0.05) is 25.7 Å². The maximum Gasteiger partial charge on any atom is 0.472 e. The molecule has 99 heavy (non-hydrogen) atoms. The summed E-state index contributed by atoms with van der Waals surface area (Å²) in [7, 11) is -9.92. The summed E-state index contributed by atoms with van der Waals surface area (Å²) in [5, 5.41) is 10.6. The standard InChI is InChI=1S/C80H156O17P2/c1-9-73(8)59-51-43-35-27-20-16-13-14-17-21-28-36-44-52-60-77(82)90-66-75(96-80(85)63-55-47-38-30-24-23-26-33-41-49-57-71(4)5)68-94-98(86,87)92-64-74(81)65-93-99(88,89)95-69-76(67-91-78(83)61-53-45-39-31-34-42-50-58-72(6)7)97-79(84)62-54-46-37-29-22-18-12-10-11-15-19-25-32-40-48-56-70(2)3/h70-76,81H,9-69H2,1-8H3,(H,86,87)(H,88,89)/t73?,74?,75-,76-/m1/s1. The monoisotopic (exact) mass is 1450 g/mol. The lowest BCUT2D eigenvalue weighted by molar-refractivity contribution is -0.161. The number of rotatable bonds is 77. The van der Waals surface area contributed by atoms with Crippen molar-refractivity contribution in [2.75, 3.05) is 39.6 Å². The van der Waals surface area contributed by atoms with Crippen LogP contribution in [0.5, 0.6) is 0 Å². The summed E-state index contributed by atoms with van der Waals surface area (Å²) in [5.41, 5.74) is 0. The third-order valence-corrected chi connectivity index (χ3v) is 20.8. The molecule has 0 saturated carbocycles. The number of carbonyl (C=O) groups excluding carboxylic acids is 4. The second-order valence-corrected chi connectivity index (χ2v) is 33.4. The van der Waals surface area contributed by atoms with Gasteiger partial charge in [-0.3, -0.25) is 37.3 Å². The van der Waals surface area contributed by atoms with Crippen LogP contribution >= 0.6 is 15.6 Å². The lowest BCUT2D eigenvalue weighted by Crippen LogP contribution is -2.30. The van der Waals surface area contributed by atoms with Crippen LogP contribution in [0.25, 0.3) is 0 Å². The van der Waals surface area contributed by atoms with Gasteiger partial charge in [0.25, 0.3) is 0 Å². The van der Waals surface area contributed by atoms with Crippen molar-refractivity contribution in [1.82, 2.24) is 0 Å². The van der Waals surface area contributed by atoms with Gasteiger partial charge in [-0.2, -0.15) is 0 Å². The van der Waals surface area contributed by atoms with E-state index in [0.717, 1.165) is 114 Å². The number of carbonyl (C=O) groups is 4. The zero-order valence-corrected chi connectivity index (χ0v) is 66.9. The van der Waals surface area contributed by atoms with Crippen molar-refractivity contribution in [3.8, 4) is 0 Å². The number of aliphatic hydroxyl groups is 1. The SMILES string of the molecule is CCC(C)CCCCCCCCCCCCCCCCC(=O)OC[C@H](COP(=O)(O)OCC(O)COP(=O)(O)OC[C@@H](COC(=O)CCCCCCCCCC(C)C)OC(=O)CCCCCCCCCCCCCCCCCC(C)C)OC(=O)CCCCCCCCCCCCC(C)C. The summed E-state index contributed by atoms with van der Waals surface area (Å²) in [4.78, 5) is 73.0. The van der Waals surface area contributed by atoms with Crippen molar-refractivity contribution in [3.63, 3.8) is 0 Å². The van der Waals surface area contributed by atoms with Crippen LogP contribution in [0, 0.1) is 23.7 Å². The van der Waals surface area contributed by atoms with Gasteiger partial charge in [-0.05, 0) is 49.4 Å². The summed E-state index contributed by atoms with van der Waals surface area (Å²) in [6, 6.07) is 0. The first kappa shape index (κ1) is 97.1. The molecule has 0 heterocycles. The zero-order valence-electron chi connectivity index (χ0n) is 65.1. The minimum atomic E-state index is -4.96. The predicted molar refractivity (Wildman–Crippen MR) is 404 cm³/mol. The van der Waals surface area contributed by atoms with E-state index in [1.807, 2.05) is 0 Å². The highest BCUT2D eigenvalue weighted by Crippen LogP contribution is 2.45. The van der Waals surface area contributed by atoms with Crippen molar-refractivity contribution >= 4 is 39.5 Å². The maximum atomic E-state index is 13.1. The molecule has 0 aliphatic carbocycles. The quantitative estimate of drug-likeness (QED) is 0.0222. The van der Waals surface area contributed by atoms with Crippen LogP contribution in [0.3, 0.4) is 0 Å². The highest BCUT2D eigenvalue weighted by Gasteiger charge is 2.30. The number of ether oxygens (including phenoxy) is 4. The van der Waals surface area contributed by atoms with E-state index in [4.69, 9.17) is 37.0 Å². The topological polar surface area (TPSA) is 237 Å². The molecule has 0 amide bonds. The van der Waals surface area contributed by atoms with Gasteiger partial charge >= 0.3 is 39.5 Å². The molecule has 4 unspecified atom stereocenters. The fraction of sp³-hybridized carbons (Fsp3) is 0.950. The van der Waals surface area contributed by atoms with Crippen molar-refractivity contribution in [3.05, 3.63) is 0 Å². The molecule has 0 radical (unpaired) electrons. The molecule has 6 atom stereocenters. The minimum Gasteiger partial charge on any atom is -0.462 e. The predicted octanol–water partition coefficient (Wildman–Crippen LogP) is 23.6. The Hall–Kier alpha value is -1.94. The van der Waals surface area contributed by atoms with Gasteiger partial charge < -0.3 is 33.8 Å². The first-order valence-corrected chi connectivity index (χ1v) is 44.2. The lowest BCUT2D eigenvalue weighted by Gasteiger charge is -2.21. The summed E-state index contributed by atoms with van der Waals surface area (Å²) < 4.78 is 68.7. The Morgan fingerprint density at radius 2 is 0.485 bits per heavy atom. The lowest BCUT2D eigenvalue weighted by atomic mass is 9.99. The normalized spacial score (nSPS) is 14.3. The van der Waals surface area contributed by atoms with E-state index in [1.165, 1.54) is 205 Å². The Bertz CT molecular complexity index is 1940. The van der Waals surface area contributed by atoms with Crippen molar-refractivity contribution < 1.29 is 80.2 Å². The Morgan fingerprint density at radius 3 is 0.717 bits per heavy atom. The molecule has 17 nitrogen and oxygen atoms in total. The van der Waals surface area contributed by atoms with Crippen LogP contribution in [0.15, 0.2) is 0 Å². The van der Waals surface area contributed by atoms with E-state index in [1.54, 1.807) is 0 Å². The first-order chi connectivity index (χ1) is 47.6. The third kappa shape index (κ3) is 72.8. The van der Waals surface area contributed by atoms with E-state index in [-0.39, 0.29) is 25.7 Å². The maximum absolute atomic E-state index is 13.1. The zero-order chi connectivity index (χ0) is 73.1. The molecule has 0 fully saturated rings. The molecule has 0 aliphatic rings. The Balaban J connectivity index is 5.22. The first-order valence-electron chi connectivity index (χ1n) is 41.2. The highest BCUT2D eigenvalue weighted by molar-refractivity contribution is 7.47. The minimum absolute atomic E-state index is 0.106. The third-order valence-electron chi connectivity index (χ3n) is 18.9. The Labute approximate surface area is 607 Å². The van der Waals surface area contributed by atoms with Gasteiger partial charge in [0.2, 0.25) is 0 Å². The van der Waals surface area contributed by atoms with E-state index >= 15 is 0 Å². The molecule has 3 N–H and O–H groups in total. The average Bonchev–Trinajstić information content (AvgIpc) is 1.22.